The third kappa shape index (κ3) is 4.50. The number of hydrogen-bond acceptors (Lipinski definition) is 1. The van der Waals surface area contributed by atoms with E-state index in [4.69, 9.17) is 0 Å². The molecule has 1 atom stereocenters. The molecule has 1 N–H and O–H groups in total. The highest BCUT2D eigenvalue weighted by molar-refractivity contribution is 5.24. The van der Waals surface area contributed by atoms with Gasteiger partial charge in [0.05, 0.1) is 6.10 Å². The van der Waals surface area contributed by atoms with E-state index in [0.717, 1.165) is 24.8 Å². The van der Waals surface area contributed by atoms with Gasteiger partial charge in [-0.25, -0.2) is 0 Å². The number of aliphatic hydroxyl groups is 1. The van der Waals surface area contributed by atoms with Gasteiger partial charge in [0.15, 0.2) is 0 Å². The van der Waals surface area contributed by atoms with Gasteiger partial charge < -0.3 is 5.11 Å². The van der Waals surface area contributed by atoms with E-state index >= 15 is 0 Å². The lowest BCUT2D eigenvalue weighted by molar-refractivity contribution is 0.168. The molecule has 0 bridgehead atoms. The summed E-state index contributed by atoms with van der Waals surface area (Å²) < 4.78 is 0. The summed E-state index contributed by atoms with van der Waals surface area (Å²) in [7, 11) is 0. The number of unbranched alkanes of at least 4 members (excludes halogenated alkanes) is 1. The van der Waals surface area contributed by atoms with Crippen LogP contribution in [0.5, 0.6) is 0 Å². The van der Waals surface area contributed by atoms with Gasteiger partial charge in [0.2, 0.25) is 0 Å². The molecule has 0 aliphatic heterocycles. The molecule has 0 fully saturated rings. The maximum atomic E-state index is 10.2. The summed E-state index contributed by atoms with van der Waals surface area (Å²) in [5, 5.41) is 10.2. The normalized spacial score (nSPS) is 12.3. The predicted molar refractivity (Wildman–Crippen MR) is 84.8 cm³/mol. The molecule has 1 heteroatoms. The van der Waals surface area contributed by atoms with E-state index in [-0.39, 0.29) is 6.10 Å². The first kappa shape index (κ1) is 14.8. The molecular weight excluding hydrogens is 244 g/mol. The fourth-order valence-electron chi connectivity index (χ4n) is 2.47. The molecule has 0 saturated heterocycles. The van der Waals surface area contributed by atoms with Gasteiger partial charge in [0.1, 0.15) is 0 Å². The van der Waals surface area contributed by atoms with Gasteiger partial charge in [-0.1, -0.05) is 67.9 Å². The average molecular weight is 268 g/mol. The van der Waals surface area contributed by atoms with Crippen LogP contribution >= 0.6 is 0 Å². The average Bonchev–Trinajstić information content (AvgIpc) is 2.52. The summed E-state index contributed by atoms with van der Waals surface area (Å²) in [6.07, 6.45) is 4.98. The Morgan fingerprint density at radius 1 is 0.900 bits per heavy atom. The molecule has 1 unspecified atom stereocenters. The molecule has 0 saturated carbocycles. The van der Waals surface area contributed by atoms with Crippen LogP contribution < -0.4 is 0 Å². The van der Waals surface area contributed by atoms with Crippen LogP contribution in [0.25, 0.3) is 0 Å². The van der Waals surface area contributed by atoms with Crippen molar-refractivity contribution in [2.75, 3.05) is 0 Å². The Morgan fingerprint density at radius 2 is 1.60 bits per heavy atom. The SMILES string of the molecule is CCCCc1cccc(CCC(O)c2ccccc2)c1. The van der Waals surface area contributed by atoms with Gasteiger partial charge >= 0.3 is 0 Å². The minimum atomic E-state index is -0.365. The molecule has 0 spiro atoms. The van der Waals surface area contributed by atoms with Crippen LogP contribution in [0, 0.1) is 0 Å². The summed E-state index contributed by atoms with van der Waals surface area (Å²) in [4.78, 5) is 0. The Labute approximate surface area is 122 Å². The molecule has 106 valence electrons. The van der Waals surface area contributed by atoms with Crippen molar-refractivity contribution in [1.29, 1.82) is 0 Å². The highest BCUT2D eigenvalue weighted by Crippen LogP contribution is 2.19. The Balaban J connectivity index is 1.90. The topological polar surface area (TPSA) is 20.2 Å². The lowest BCUT2D eigenvalue weighted by Gasteiger charge is -2.11. The van der Waals surface area contributed by atoms with Gasteiger partial charge in [0.25, 0.3) is 0 Å². The first-order chi connectivity index (χ1) is 9.79. The van der Waals surface area contributed by atoms with Crippen LogP contribution in [0.3, 0.4) is 0 Å². The maximum absolute atomic E-state index is 10.2. The van der Waals surface area contributed by atoms with E-state index in [1.54, 1.807) is 0 Å². The van der Waals surface area contributed by atoms with Gasteiger partial charge in [-0.2, -0.15) is 0 Å². The second-order valence-electron chi connectivity index (χ2n) is 5.39. The third-order valence-electron chi connectivity index (χ3n) is 3.70. The summed E-state index contributed by atoms with van der Waals surface area (Å²) in [5.74, 6) is 0. The van der Waals surface area contributed by atoms with E-state index in [9.17, 15) is 5.11 Å². The molecule has 2 aromatic carbocycles. The number of aryl methyl sites for hydroxylation is 2. The molecule has 0 amide bonds. The van der Waals surface area contributed by atoms with Gasteiger partial charge in [-0.3, -0.25) is 0 Å². The number of rotatable bonds is 7. The smallest absolute Gasteiger partial charge is 0.0793 e. The summed E-state index contributed by atoms with van der Waals surface area (Å²) >= 11 is 0. The zero-order valence-corrected chi connectivity index (χ0v) is 12.3. The van der Waals surface area contributed by atoms with E-state index in [0.29, 0.717) is 0 Å². The van der Waals surface area contributed by atoms with Crippen LogP contribution in [0.4, 0.5) is 0 Å². The maximum Gasteiger partial charge on any atom is 0.0793 e. The van der Waals surface area contributed by atoms with Crippen molar-refractivity contribution < 1.29 is 5.11 Å². The molecule has 0 aliphatic carbocycles. The standard InChI is InChI=1S/C19H24O/c1-2-3-8-16-9-7-10-17(15-16)13-14-19(20)18-11-5-4-6-12-18/h4-7,9-12,15,19-20H,2-3,8,13-14H2,1H3. The van der Waals surface area contributed by atoms with Gasteiger partial charge in [-0.05, 0) is 42.4 Å². The van der Waals surface area contributed by atoms with Crippen molar-refractivity contribution in [3.05, 3.63) is 71.3 Å². The summed E-state index contributed by atoms with van der Waals surface area (Å²) in [6, 6.07) is 18.7. The van der Waals surface area contributed by atoms with Crippen LogP contribution in [0.15, 0.2) is 54.6 Å². The third-order valence-corrected chi connectivity index (χ3v) is 3.70. The van der Waals surface area contributed by atoms with Gasteiger partial charge in [-0.15, -0.1) is 0 Å². The van der Waals surface area contributed by atoms with Crippen LogP contribution in [-0.4, -0.2) is 5.11 Å². The van der Waals surface area contributed by atoms with E-state index in [1.165, 1.54) is 24.0 Å². The monoisotopic (exact) mass is 268 g/mol. The second-order valence-corrected chi connectivity index (χ2v) is 5.39. The summed E-state index contributed by atoms with van der Waals surface area (Å²) in [5.41, 5.74) is 3.75. The lowest BCUT2D eigenvalue weighted by Crippen LogP contribution is -1.99. The van der Waals surface area contributed by atoms with E-state index in [2.05, 4.69) is 31.2 Å². The molecule has 0 aromatic heterocycles. The zero-order valence-electron chi connectivity index (χ0n) is 12.3. The number of benzene rings is 2. The number of aliphatic hydroxyl groups excluding tert-OH is 1. The molecular formula is C19H24O. The second kappa shape index (κ2) is 7.86. The lowest BCUT2D eigenvalue weighted by atomic mass is 9.99. The molecule has 2 rings (SSSR count). The Morgan fingerprint density at radius 3 is 2.30 bits per heavy atom. The number of hydrogen-bond donors (Lipinski definition) is 1. The molecule has 2 aromatic rings. The fourth-order valence-corrected chi connectivity index (χ4v) is 2.47. The van der Waals surface area contributed by atoms with Crippen molar-refractivity contribution in [3.63, 3.8) is 0 Å². The minimum absolute atomic E-state index is 0.365. The highest BCUT2D eigenvalue weighted by atomic mass is 16.3. The van der Waals surface area contributed by atoms with Crippen molar-refractivity contribution in [3.8, 4) is 0 Å². The van der Waals surface area contributed by atoms with E-state index < -0.39 is 0 Å². The Kier molecular flexibility index (Phi) is 5.82. The fraction of sp³-hybridized carbons (Fsp3) is 0.368. The first-order valence-corrected chi connectivity index (χ1v) is 7.60. The van der Waals surface area contributed by atoms with Crippen molar-refractivity contribution in [2.45, 2.75) is 45.1 Å². The summed E-state index contributed by atoms with van der Waals surface area (Å²) in [6.45, 7) is 2.22. The first-order valence-electron chi connectivity index (χ1n) is 7.60. The zero-order chi connectivity index (χ0) is 14.2. The minimum Gasteiger partial charge on any atom is -0.388 e. The van der Waals surface area contributed by atoms with Crippen molar-refractivity contribution >= 4 is 0 Å². The Hall–Kier alpha value is -1.60. The van der Waals surface area contributed by atoms with Crippen molar-refractivity contribution in [2.24, 2.45) is 0 Å². The highest BCUT2D eigenvalue weighted by Gasteiger charge is 2.07. The molecule has 0 aliphatic rings. The Bertz CT molecular complexity index is 504. The largest absolute Gasteiger partial charge is 0.388 e. The molecule has 1 nitrogen and oxygen atoms in total. The van der Waals surface area contributed by atoms with E-state index in [1.807, 2.05) is 30.3 Å². The predicted octanol–water partition coefficient (Wildman–Crippen LogP) is 4.70. The van der Waals surface area contributed by atoms with Crippen LogP contribution in [0.2, 0.25) is 0 Å². The molecule has 20 heavy (non-hydrogen) atoms. The van der Waals surface area contributed by atoms with Gasteiger partial charge in [0, 0.05) is 0 Å². The van der Waals surface area contributed by atoms with Crippen LogP contribution in [-0.2, 0) is 12.8 Å². The van der Waals surface area contributed by atoms with Crippen molar-refractivity contribution in [1.82, 2.24) is 0 Å². The molecule has 0 heterocycles. The van der Waals surface area contributed by atoms with Crippen LogP contribution in [0.1, 0.15) is 49.0 Å². The quantitative estimate of drug-likeness (QED) is 0.772. The molecule has 0 radical (unpaired) electrons.